The van der Waals surface area contributed by atoms with Gasteiger partial charge in [0.25, 0.3) is 5.91 Å². The summed E-state index contributed by atoms with van der Waals surface area (Å²) in [4.78, 5) is 26.8. The van der Waals surface area contributed by atoms with E-state index in [0.29, 0.717) is 18.7 Å². The van der Waals surface area contributed by atoms with Crippen LogP contribution >= 0.6 is 0 Å². The van der Waals surface area contributed by atoms with Crippen LogP contribution in [0.1, 0.15) is 30.6 Å². The van der Waals surface area contributed by atoms with Crippen LogP contribution < -0.4 is 5.73 Å². The summed E-state index contributed by atoms with van der Waals surface area (Å²) in [6.45, 7) is 5.29. The van der Waals surface area contributed by atoms with Gasteiger partial charge in [-0.05, 0) is 29.9 Å². The lowest BCUT2D eigenvalue weighted by molar-refractivity contribution is -0.148. The van der Waals surface area contributed by atoms with Crippen molar-refractivity contribution < 1.29 is 9.59 Å². The number of hydrogen-bond donors (Lipinski definition) is 2. The number of nitrogens with one attached hydrogen (secondary N) is 1. The number of nitrogens with two attached hydrogens (primary N) is 1. The maximum Gasteiger partial charge on any atom is 0.254 e. The lowest BCUT2D eigenvalue weighted by Crippen LogP contribution is -2.59. The zero-order chi connectivity index (χ0) is 16.4. The van der Waals surface area contributed by atoms with Crippen molar-refractivity contribution in [2.24, 2.45) is 22.5 Å². The summed E-state index contributed by atoms with van der Waals surface area (Å²) in [7, 11) is 0. The summed E-state index contributed by atoms with van der Waals surface area (Å²) in [6, 6.07) is 5.54. The molecule has 0 spiro atoms. The number of carbonyl (C=O) groups is 2. The smallest absolute Gasteiger partial charge is 0.254 e. The van der Waals surface area contributed by atoms with E-state index in [1.54, 1.807) is 11.1 Å². The molecule has 6 heteroatoms. The third-order valence-corrected chi connectivity index (χ3v) is 5.75. The lowest BCUT2D eigenvalue weighted by Gasteiger charge is -2.54. The molecule has 23 heavy (non-hydrogen) atoms. The molecular weight excluding hydrogens is 292 g/mol. The predicted molar refractivity (Wildman–Crippen MR) is 85.5 cm³/mol. The number of aromatic amines is 1. The molecule has 1 saturated heterocycles. The van der Waals surface area contributed by atoms with Gasteiger partial charge in [0, 0.05) is 18.5 Å². The molecule has 1 aliphatic heterocycles. The predicted octanol–water partition coefficient (Wildman–Crippen LogP) is 1.54. The Bertz CT molecular complexity index is 825. The Labute approximate surface area is 134 Å². The number of amides is 2. The zero-order valence-corrected chi connectivity index (χ0v) is 13.3. The van der Waals surface area contributed by atoms with Crippen molar-refractivity contribution in [3.8, 4) is 0 Å². The van der Waals surface area contributed by atoms with Gasteiger partial charge in [0.1, 0.15) is 0 Å². The Morgan fingerprint density at radius 2 is 2.17 bits per heavy atom. The first kappa shape index (κ1) is 14.2. The lowest BCUT2D eigenvalue weighted by atomic mass is 9.48. The summed E-state index contributed by atoms with van der Waals surface area (Å²) in [5, 5.41) is 7.70. The van der Waals surface area contributed by atoms with E-state index in [1.807, 2.05) is 18.2 Å². The molecule has 2 fully saturated rings. The van der Waals surface area contributed by atoms with Crippen molar-refractivity contribution in [2.45, 2.75) is 20.3 Å². The second-order valence-electron chi connectivity index (χ2n) is 7.56. The number of carbonyl (C=O) groups excluding carboxylic acids is 2. The van der Waals surface area contributed by atoms with Gasteiger partial charge in [0.15, 0.2) is 0 Å². The van der Waals surface area contributed by atoms with Crippen LogP contribution in [0, 0.1) is 16.7 Å². The van der Waals surface area contributed by atoms with Gasteiger partial charge in [-0.15, -0.1) is 0 Å². The van der Waals surface area contributed by atoms with Crippen molar-refractivity contribution in [1.29, 1.82) is 0 Å². The summed E-state index contributed by atoms with van der Waals surface area (Å²) >= 11 is 0. The van der Waals surface area contributed by atoms with Crippen LogP contribution in [0.25, 0.3) is 10.9 Å². The van der Waals surface area contributed by atoms with Crippen LogP contribution in [0.15, 0.2) is 24.4 Å². The van der Waals surface area contributed by atoms with E-state index in [1.165, 1.54) is 0 Å². The van der Waals surface area contributed by atoms with Crippen LogP contribution in [0.3, 0.4) is 0 Å². The Hall–Kier alpha value is -2.37. The van der Waals surface area contributed by atoms with Crippen LogP contribution in [0.2, 0.25) is 0 Å². The standard InChI is InChI=1S/C17H20N4O2/c1-16(2)8-17(15(18)23)9-21(7-13(16)17)14(22)10-4-3-5-12-11(10)6-19-20-12/h3-6,13H,7-9H2,1-2H3,(H2,18,23)(H,19,20)/t13-,17+/m1/s1. The highest BCUT2D eigenvalue weighted by Gasteiger charge is 2.66. The molecule has 1 aromatic heterocycles. The van der Waals surface area contributed by atoms with Crippen molar-refractivity contribution in [3.63, 3.8) is 0 Å². The number of nitrogens with zero attached hydrogens (tertiary/aromatic N) is 2. The Morgan fingerprint density at radius 1 is 1.39 bits per heavy atom. The number of aromatic nitrogens is 2. The summed E-state index contributed by atoms with van der Waals surface area (Å²) in [6.07, 6.45) is 2.42. The zero-order valence-electron chi connectivity index (χ0n) is 13.3. The maximum atomic E-state index is 13.0. The van der Waals surface area contributed by atoms with E-state index in [-0.39, 0.29) is 23.1 Å². The average Bonchev–Trinajstić information content (AvgIpc) is 3.08. The molecule has 2 aliphatic rings. The van der Waals surface area contributed by atoms with Crippen molar-refractivity contribution in [2.75, 3.05) is 13.1 Å². The normalized spacial score (nSPS) is 28.4. The molecule has 0 radical (unpaired) electrons. The number of rotatable bonds is 2. The highest BCUT2D eigenvalue weighted by atomic mass is 16.2. The van der Waals surface area contributed by atoms with Crippen LogP contribution in [-0.2, 0) is 4.79 Å². The van der Waals surface area contributed by atoms with Crippen LogP contribution in [0.5, 0.6) is 0 Å². The Morgan fingerprint density at radius 3 is 2.83 bits per heavy atom. The van der Waals surface area contributed by atoms with Crippen LogP contribution in [0.4, 0.5) is 0 Å². The molecule has 2 amide bonds. The van der Waals surface area contributed by atoms with Gasteiger partial charge >= 0.3 is 0 Å². The summed E-state index contributed by atoms with van der Waals surface area (Å²) in [5.74, 6) is -0.193. The van der Waals surface area contributed by atoms with E-state index >= 15 is 0 Å². The van der Waals surface area contributed by atoms with E-state index in [4.69, 9.17) is 5.73 Å². The number of benzene rings is 1. The molecule has 120 valence electrons. The first-order chi connectivity index (χ1) is 10.8. The minimum absolute atomic E-state index is 0.0473. The number of hydrogen-bond acceptors (Lipinski definition) is 3. The van der Waals surface area contributed by atoms with Crippen molar-refractivity contribution >= 4 is 22.7 Å². The molecule has 3 N–H and O–H groups in total. The van der Waals surface area contributed by atoms with Gasteiger partial charge in [0.2, 0.25) is 5.91 Å². The van der Waals surface area contributed by atoms with Crippen molar-refractivity contribution in [3.05, 3.63) is 30.0 Å². The van der Waals surface area contributed by atoms with Crippen molar-refractivity contribution in [1.82, 2.24) is 15.1 Å². The highest BCUT2D eigenvalue weighted by molar-refractivity contribution is 6.06. The molecule has 1 saturated carbocycles. The molecule has 1 aliphatic carbocycles. The quantitative estimate of drug-likeness (QED) is 0.881. The fourth-order valence-corrected chi connectivity index (χ4v) is 4.71. The SMILES string of the molecule is CC1(C)C[C@]2(C(N)=O)CN(C(=O)c3cccc4[nH]ncc34)C[C@H]12. The molecule has 2 heterocycles. The topological polar surface area (TPSA) is 92.1 Å². The summed E-state index contributed by atoms with van der Waals surface area (Å²) in [5.41, 5.74) is 6.63. The van der Waals surface area contributed by atoms with Gasteiger partial charge in [-0.3, -0.25) is 14.7 Å². The number of fused-ring (bicyclic) bond motifs is 2. The molecule has 2 atom stereocenters. The second kappa shape index (κ2) is 4.34. The summed E-state index contributed by atoms with van der Waals surface area (Å²) < 4.78 is 0. The van der Waals surface area contributed by atoms with E-state index in [0.717, 1.165) is 17.3 Å². The van der Waals surface area contributed by atoms with Gasteiger partial charge in [0.05, 0.1) is 22.7 Å². The van der Waals surface area contributed by atoms with Gasteiger partial charge in [-0.25, -0.2) is 0 Å². The molecule has 0 bridgehead atoms. The largest absolute Gasteiger partial charge is 0.369 e. The van der Waals surface area contributed by atoms with Gasteiger partial charge in [-0.2, -0.15) is 5.10 Å². The fraction of sp³-hybridized carbons (Fsp3) is 0.471. The monoisotopic (exact) mass is 312 g/mol. The van der Waals surface area contributed by atoms with E-state index in [2.05, 4.69) is 24.0 Å². The maximum absolute atomic E-state index is 13.0. The van der Waals surface area contributed by atoms with E-state index < -0.39 is 5.41 Å². The third-order valence-electron chi connectivity index (χ3n) is 5.75. The Kier molecular flexibility index (Phi) is 2.69. The minimum atomic E-state index is -0.552. The average molecular weight is 312 g/mol. The fourth-order valence-electron chi connectivity index (χ4n) is 4.71. The molecule has 2 aromatic rings. The number of likely N-dealkylation sites (tertiary alicyclic amines) is 1. The van der Waals surface area contributed by atoms with E-state index in [9.17, 15) is 9.59 Å². The first-order valence-corrected chi connectivity index (χ1v) is 7.86. The molecule has 0 unspecified atom stereocenters. The number of H-pyrrole nitrogens is 1. The van der Waals surface area contributed by atoms with Gasteiger partial charge < -0.3 is 10.6 Å². The first-order valence-electron chi connectivity index (χ1n) is 7.86. The highest BCUT2D eigenvalue weighted by Crippen LogP contribution is 2.62. The van der Waals surface area contributed by atoms with Crippen LogP contribution in [-0.4, -0.2) is 40.0 Å². The molecule has 1 aromatic carbocycles. The number of primary amides is 1. The molecular formula is C17H20N4O2. The second-order valence-corrected chi connectivity index (χ2v) is 7.56. The Balaban J connectivity index is 1.69. The molecule has 6 nitrogen and oxygen atoms in total. The minimum Gasteiger partial charge on any atom is -0.369 e. The van der Waals surface area contributed by atoms with Gasteiger partial charge in [-0.1, -0.05) is 19.9 Å². The third kappa shape index (κ3) is 1.77. The molecule has 4 rings (SSSR count).